The van der Waals surface area contributed by atoms with Gasteiger partial charge in [-0.3, -0.25) is 0 Å². The van der Waals surface area contributed by atoms with Crippen molar-refractivity contribution in [1.29, 1.82) is 0 Å². The van der Waals surface area contributed by atoms with E-state index in [9.17, 15) is 4.79 Å². The van der Waals surface area contributed by atoms with Crippen LogP contribution in [0.3, 0.4) is 0 Å². The Balaban J connectivity index is 2.65. The van der Waals surface area contributed by atoms with Crippen LogP contribution in [0, 0.1) is 0 Å². The lowest BCUT2D eigenvalue weighted by Gasteiger charge is -2.21. The number of nitrogens with two attached hydrogens (primary N) is 1. The normalized spacial score (nSPS) is 11.2. The van der Waals surface area contributed by atoms with Crippen LogP contribution in [0.25, 0.3) is 0 Å². The van der Waals surface area contributed by atoms with Crippen molar-refractivity contribution in [3.8, 4) is 5.75 Å². The SMILES string of the molecule is CC(C)(Oc1ccc(CCCN)cc1)C(=O)O. The average molecular weight is 237 g/mol. The number of ether oxygens (including phenoxy) is 1. The van der Waals surface area contributed by atoms with Gasteiger partial charge in [0.25, 0.3) is 0 Å². The Kier molecular flexibility index (Phi) is 4.52. The molecule has 1 aromatic rings. The number of hydrogen-bond donors (Lipinski definition) is 2. The molecule has 0 aliphatic heterocycles. The zero-order valence-corrected chi connectivity index (χ0v) is 10.3. The smallest absolute Gasteiger partial charge is 0.347 e. The number of carbonyl (C=O) groups is 1. The maximum absolute atomic E-state index is 10.9. The van der Waals surface area contributed by atoms with Gasteiger partial charge in [0, 0.05) is 0 Å². The molecule has 0 saturated heterocycles. The molecule has 3 N–H and O–H groups in total. The predicted octanol–water partition coefficient (Wildman–Crippen LogP) is 1.82. The maximum Gasteiger partial charge on any atom is 0.347 e. The van der Waals surface area contributed by atoms with Crippen LogP contribution in [-0.2, 0) is 11.2 Å². The number of aryl methyl sites for hydroxylation is 1. The van der Waals surface area contributed by atoms with Gasteiger partial charge in [-0.1, -0.05) is 12.1 Å². The quantitative estimate of drug-likeness (QED) is 0.791. The molecule has 94 valence electrons. The van der Waals surface area contributed by atoms with Crippen molar-refractivity contribution < 1.29 is 14.6 Å². The highest BCUT2D eigenvalue weighted by Crippen LogP contribution is 2.19. The second-order valence-corrected chi connectivity index (χ2v) is 4.45. The fraction of sp³-hybridized carbons (Fsp3) is 0.462. The van der Waals surface area contributed by atoms with Crippen molar-refractivity contribution in [2.45, 2.75) is 32.3 Å². The number of benzene rings is 1. The van der Waals surface area contributed by atoms with Gasteiger partial charge in [0.1, 0.15) is 5.75 Å². The fourth-order valence-corrected chi connectivity index (χ4v) is 1.37. The summed E-state index contributed by atoms with van der Waals surface area (Å²) < 4.78 is 5.40. The third-order valence-corrected chi connectivity index (χ3v) is 2.48. The van der Waals surface area contributed by atoms with E-state index in [1.54, 1.807) is 12.1 Å². The Bertz CT molecular complexity index is 371. The van der Waals surface area contributed by atoms with E-state index < -0.39 is 11.6 Å². The van der Waals surface area contributed by atoms with E-state index >= 15 is 0 Å². The summed E-state index contributed by atoms with van der Waals surface area (Å²) in [6.07, 6.45) is 1.87. The van der Waals surface area contributed by atoms with E-state index in [-0.39, 0.29) is 0 Å². The molecule has 0 unspecified atom stereocenters. The Morgan fingerprint density at radius 1 is 1.35 bits per heavy atom. The largest absolute Gasteiger partial charge is 0.478 e. The van der Waals surface area contributed by atoms with Crippen molar-refractivity contribution in [2.24, 2.45) is 5.73 Å². The summed E-state index contributed by atoms with van der Waals surface area (Å²) in [7, 11) is 0. The van der Waals surface area contributed by atoms with Gasteiger partial charge in [0.15, 0.2) is 5.60 Å². The number of carboxylic acids is 1. The highest BCUT2D eigenvalue weighted by Gasteiger charge is 2.29. The molecular formula is C13H19NO3. The fourth-order valence-electron chi connectivity index (χ4n) is 1.37. The molecule has 0 aromatic heterocycles. The monoisotopic (exact) mass is 237 g/mol. The minimum absolute atomic E-state index is 0.564. The molecule has 4 nitrogen and oxygen atoms in total. The van der Waals surface area contributed by atoms with Crippen LogP contribution in [0.2, 0.25) is 0 Å². The molecule has 0 saturated carbocycles. The second kappa shape index (κ2) is 5.68. The average Bonchev–Trinajstić information content (AvgIpc) is 2.27. The first kappa shape index (κ1) is 13.5. The van der Waals surface area contributed by atoms with Crippen LogP contribution < -0.4 is 10.5 Å². The van der Waals surface area contributed by atoms with E-state index in [1.807, 2.05) is 12.1 Å². The minimum Gasteiger partial charge on any atom is -0.478 e. The Hall–Kier alpha value is -1.55. The van der Waals surface area contributed by atoms with Crippen molar-refractivity contribution in [2.75, 3.05) is 6.54 Å². The molecule has 0 spiro atoms. The molecule has 0 radical (unpaired) electrons. The van der Waals surface area contributed by atoms with Crippen LogP contribution in [0.15, 0.2) is 24.3 Å². The summed E-state index contributed by atoms with van der Waals surface area (Å²) in [4.78, 5) is 10.9. The highest BCUT2D eigenvalue weighted by molar-refractivity contribution is 5.76. The summed E-state index contributed by atoms with van der Waals surface area (Å²) >= 11 is 0. The van der Waals surface area contributed by atoms with Gasteiger partial charge in [-0.15, -0.1) is 0 Å². The summed E-state index contributed by atoms with van der Waals surface area (Å²) in [5.41, 5.74) is 5.40. The lowest BCUT2D eigenvalue weighted by molar-refractivity contribution is -0.152. The number of carboxylic acid groups (broad SMARTS) is 1. The molecule has 4 heteroatoms. The minimum atomic E-state index is -1.21. The molecule has 0 heterocycles. The molecular weight excluding hydrogens is 218 g/mol. The number of rotatable bonds is 6. The summed E-state index contributed by atoms with van der Waals surface area (Å²) in [5.74, 6) is -0.418. The molecule has 0 aliphatic carbocycles. The summed E-state index contributed by atoms with van der Waals surface area (Å²) in [6.45, 7) is 3.72. The molecule has 0 amide bonds. The van der Waals surface area contributed by atoms with Crippen molar-refractivity contribution in [3.05, 3.63) is 29.8 Å². The summed E-state index contributed by atoms with van der Waals surface area (Å²) in [5, 5.41) is 8.93. The molecule has 1 rings (SSSR count). The van der Waals surface area contributed by atoms with Gasteiger partial charge in [0.2, 0.25) is 0 Å². The Labute approximate surface area is 101 Å². The van der Waals surface area contributed by atoms with E-state index in [1.165, 1.54) is 19.4 Å². The lowest BCUT2D eigenvalue weighted by Crippen LogP contribution is -2.37. The summed E-state index contributed by atoms with van der Waals surface area (Å²) in [6, 6.07) is 7.44. The maximum atomic E-state index is 10.9. The van der Waals surface area contributed by atoms with Crippen LogP contribution in [0.5, 0.6) is 5.75 Å². The molecule has 0 bridgehead atoms. The zero-order chi connectivity index (χ0) is 12.9. The molecule has 1 aromatic carbocycles. The van der Waals surface area contributed by atoms with Gasteiger partial charge in [-0.2, -0.15) is 0 Å². The Morgan fingerprint density at radius 2 is 1.94 bits per heavy atom. The number of hydrogen-bond acceptors (Lipinski definition) is 3. The Morgan fingerprint density at radius 3 is 2.41 bits per heavy atom. The molecule has 17 heavy (non-hydrogen) atoms. The lowest BCUT2D eigenvalue weighted by atomic mass is 10.1. The second-order valence-electron chi connectivity index (χ2n) is 4.45. The van der Waals surface area contributed by atoms with Crippen molar-refractivity contribution in [1.82, 2.24) is 0 Å². The van der Waals surface area contributed by atoms with Crippen LogP contribution in [0.1, 0.15) is 25.8 Å². The van der Waals surface area contributed by atoms with E-state index in [0.717, 1.165) is 12.8 Å². The van der Waals surface area contributed by atoms with Gasteiger partial charge in [-0.25, -0.2) is 4.79 Å². The third-order valence-electron chi connectivity index (χ3n) is 2.48. The number of aliphatic carboxylic acids is 1. The van der Waals surface area contributed by atoms with Gasteiger partial charge in [0.05, 0.1) is 0 Å². The molecule has 0 fully saturated rings. The van der Waals surface area contributed by atoms with E-state index in [2.05, 4.69) is 0 Å². The first-order valence-corrected chi connectivity index (χ1v) is 5.67. The highest BCUT2D eigenvalue weighted by atomic mass is 16.5. The van der Waals surface area contributed by atoms with Gasteiger partial charge < -0.3 is 15.6 Å². The zero-order valence-electron chi connectivity index (χ0n) is 10.3. The standard InChI is InChI=1S/C13H19NO3/c1-13(2,12(15)16)17-11-7-5-10(6-8-11)4-3-9-14/h5-8H,3-4,9,14H2,1-2H3,(H,15,16). The topological polar surface area (TPSA) is 72.5 Å². The van der Waals surface area contributed by atoms with Crippen molar-refractivity contribution >= 4 is 5.97 Å². The van der Waals surface area contributed by atoms with Gasteiger partial charge >= 0.3 is 5.97 Å². The first-order chi connectivity index (χ1) is 7.95. The van der Waals surface area contributed by atoms with Crippen molar-refractivity contribution in [3.63, 3.8) is 0 Å². The molecule has 0 aliphatic rings. The third kappa shape index (κ3) is 4.07. The van der Waals surface area contributed by atoms with Crippen LogP contribution in [0.4, 0.5) is 0 Å². The predicted molar refractivity (Wildman–Crippen MR) is 66.2 cm³/mol. The van der Waals surface area contributed by atoms with E-state index in [4.69, 9.17) is 15.6 Å². The van der Waals surface area contributed by atoms with Gasteiger partial charge in [-0.05, 0) is 50.9 Å². The van der Waals surface area contributed by atoms with Crippen LogP contribution in [-0.4, -0.2) is 23.2 Å². The van der Waals surface area contributed by atoms with E-state index in [0.29, 0.717) is 12.3 Å². The van der Waals surface area contributed by atoms with Crippen LogP contribution >= 0.6 is 0 Å². The first-order valence-electron chi connectivity index (χ1n) is 5.67. The molecule has 0 atom stereocenters.